The summed E-state index contributed by atoms with van der Waals surface area (Å²) in [5.41, 5.74) is 1.24. The first-order chi connectivity index (χ1) is 11.0. The normalized spacial score (nSPS) is 50.4. The molecular formula is C23H39B. The van der Waals surface area contributed by atoms with E-state index in [-0.39, 0.29) is 0 Å². The zero-order valence-corrected chi connectivity index (χ0v) is 17.1. The molecule has 6 aliphatic carbocycles. The summed E-state index contributed by atoms with van der Waals surface area (Å²) in [5, 5.41) is 1.11. The lowest BCUT2D eigenvalue weighted by Crippen LogP contribution is -2.60. The van der Waals surface area contributed by atoms with E-state index in [1.165, 1.54) is 44.8 Å². The Bertz CT molecular complexity index is 470. The molecule has 0 radical (unpaired) electrons. The molecule has 0 aromatic carbocycles. The maximum absolute atomic E-state index is 4.17. The quantitative estimate of drug-likeness (QED) is 0.382. The highest BCUT2D eigenvalue weighted by Gasteiger charge is 2.64. The van der Waals surface area contributed by atoms with E-state index in [1.807, 2.05) is 0 Å². The lowest BCUT2D eigenvalue weighted by Gasteiger charge is -2.68. The second kappa shape index (κ2) is 4.95. The van der Waals surface area contributed by atoms with Crippen molar-refractivity contribution < 1.29 is 0 Å². The summed E-state index contributed by atoms with van der Waals surface area (Å²) in [6.45, 7) is 20.5. The molecule has 0 nitrogen and oxygen atoms in total. The Balaban J connectivity index is 1.58. The van der Waals surface area contributed by atoms with Gasteiger partial charge >= 0.3 is 0 Å². The van der Waals surface area contributed by atoms with Crippen molar-refractivity contribution in [1.29, 1.82) is 0 Å². The molecule has 6 saturated carbocycles. The maximum atomic E-state index is 4.17. The zero-order valence-electron chi connectivity index (χ0n) is 17.1. The van der Waals surface area contributed by atoms with E-state index in [9.17, 15) is 0 Å². The lowest BCUT2D eigenvalue weighted by atomic mass is 9.14. The SMILES string of the molecule is C=CCB(C1(C)CC2CC(C1)C2(C)C)C1(C)CC2CC(C1)C2(C)C. The molecule has 0 heterocycles. The fourth-order valence-corrected chi connectivity index (χ4v) is 8.20. The maximum Gasteiger partial charge on any atom is 0.156 e. The second-order valence-corrected chi connectivity index (χ2v) is 12.1. The average molecular weight is 326 g/mol. The predicted octanol–water partition coefficient (Wildman–Crippen LogP) is 7.10. The van der Waals surface area contributed by atoms with Crippen LogP contribution < -0.4 is 0 Å². The van der Waals surface area contributed by atoms with E-state index in [4.69, 9.17) is 0 Å². The van der Waals surface area contributed by atoms with E-state index < -0.39 is 0 Å². The third kappa shape index (κ3) is 2.11. The van der Waals surface area contributed by atoms with E-state index >= 15 is 0 Å². The van der Waals surface area contributed by atoms with Gasteiger partial charge in [-0.25, -0.2) is 0 Å². The lowest BCUT2D eigenvalue weighted by molar-refractivity contribution is -0.0928. The minimum absolute atomic E-state index is 0.556. The first-order valence-electron chi connectivity index (χ1n) is 10.6. The van der Waals surface area contributed by atoms with Gasteiger partial charge < -0.3 is 0 Å². The van der Waals surface area contributed by atoms with Crippen molar-refractivity contribution in [2.45, 2.75) is 97.0 Å². The van der Waals surface area contributed by atoms with Crippen LogP contribution in [0.2, 0.25) is 16.9 Å². The van der Waals surface area contributed by atoms with Gasteiger partial charge in [0.1, 0.15) is 0 Å². The van der Waals surface area contributed by atoms with Crippen LogP contribution in [0, 0.1) is 34.5 Å². The Hall–Kier alpha value is -0.195. The average Bonchev–Trinajstić information content (AvgIpc) is 2.52. The van der Waals surface area contributed by atoms with E-state index in [1.54, 1.807) is 0 Å². The monoisotopic (exact) mass is 326 g/mol. The minimum Gasteiger partial charge on any atom is -0.104 e. The van der Waals surface area contributed by atoms with Gasteiger partial charge in [0.25, 0.3) is 0 Å². The summed E-state index contributed by atoms with van der Waals surface area (Å²) in [6.07, 6.45) is 12.4. The van der Waals surface area contributed by atoms with Gasteiger partial charge in [-0.05, 0) is 47.3 Å². The zero-order chi connectivity index (χ0) is 17.5. The number of hydrogen-bond acceptors (Lipinski definition) is 0. The summed E-state index contributed by atoms with van der Waals surface area (Å²) in [4.78, 5) is 0. The topological polar surface area (TPSA) is 0 Å². The minimum atomic E-state index is 0.556. The van der Waals surface area contributed by atoms with Crippen LogP contribution in [-0.2, 0) is 0 Å². The second-order valence-electron chi connectivity index (χ2n) is 12.1. The molecule has 4 unspecified atom stereocenters. The van der Waals surface area contributed by atoms with Crippen molar-refractivity contribution in [2.24, 2.45) is 34.5 Å². The van der Waals surface area contributed by atoms with E-state index in [2.05, 4.69) is 54.2 Å². The molecule has 4 bridgehead atoms. The van der Waals surface area contributed by atoms with Gasteiger partial charge in [0, 0.05) is 0 Å². The molecule has 0 aromatic heterocycles. The standard InChI is InChI=1S/C23H39B/c1-8-9-24(22(6)12-16-10-17(13-22)20(16,2)3)23(7)14-18-11-19(15-23)21(18,4)5/h8,16-19H,1,9-15H2,2-7H3. The molecule has 0 spiro atoms. The van der Waals surface area contributed by atoms with E-state index in [0.717, 1.165) is 30.4 Å². The molecule has 0 saturated heterocycles. The Morgan fingerprint density at radius 2 is 1.08 bits per heavy atom. The first kappa shape index (κ1) is 17.2. The van der Waals surface area contributed by atoms with Crippen LogP contribution in [0.15, 0.2) is 12.7 Å². The van der Waals surface area contributed by atoms with Gasteiger partial charge in [0.2, 0.25) is 0 Å². The predicted molar refractivity (Wildman–Crippen MR) is 107 cm³/mol. The molecule has 0 amide bonds. The Kier molecular flexibility index (Phi) is 3.55. The Labute approximate surface area is 151 Å². The molecule has 0 aliphatic heterocycles. The molecule has 134 valence electrons. The van der Waals surface area contributed by atoms with Gasteiger partial charge in [-0.1, -0.05) is 90.3 Å². The van der Waals surface area contributed by atoms with Gasteiger partial charge in [-0.15, -0.1) is 6.58 Å². The number of allylic oxidation sites excluding steroid dienone is 1. The molecule has 6 rings (SSSR count). The number of hydrogen-bond donors (Lipinski definition) is 0. The van der Waals surface area contributed by atoms with Crippen LogP contribution in [0.3, 0.4) is 0 Å². The van der Waals surface area contributed by atoms with Crippen molar-refractivity contribution in [1.82, 2.24) is 0 Å². The first-order valence-corrected chi connectivity index (χ1v) is 10.6. The summed E-state index contributed by atoms with van der Waals surface area (Å²) in [6, 6.07) is 0. The largest absolute Gasteiger partial charge is 0.156 e. The third-order valence-corrected chi connectivity index (χ3v) is 10.3. The van der Waals surface area contributed by atoms with Crippen molar-refractivity contribution >= 4 is 6.71 Å². The van der Waals surface area contributed by atoms with Crippen molar-refractivity contribution in [2.75, 3.05) is 0 Å². The van der Waals surface area contributed by atoms with E-state index in [0.29, 0.717) is 21.5 Å². The smallest absolute Gasteiger partial charge is 0.104 e. The van der Waals surface area contributed by atoms with Crippen molar-refractivity contribution in [3.8, 4) is 0 Å². The third-order valence-electron chi connectivity index (χ3n) is 10.3. The highest BCUT2D eigenvalue weighted by molar-refractivity contribution is 6.66. The molecule has 0 aromatic rings. The van der Waals surface area contributed by atoms with Crippen LogP contribution >= 0.6 is 0 Å². The van der Waals surface area contributed by atoms with Gasteiger partial charge in [0.15, 0.2) is 6.71 Å². The van der Waals surface area contributed by atoms with Crippen molar-refractivity contribution in [3.05, 3.63) is 12.7 Å². The van der Waals surface area contributed by atoms with Crippen LogP contribution in [-0.4, -0.2) is 6.71 Å². The molecule has 4 atom stereocenters. The van der Waals surface area contributed by atoms with Gasteiger partial charge in [-0.3, -0.25) is 0 Å². The number of fused-ring (bicyclic) bond motifs is 4. The molecule has 0 N–H and O–H groups in total. The van der Waals surface area contributed by atoms with Crippen molar-refractivity contribution in [3.63, 3.8) is 0 Å². The van der Waals surface area contributed by atoms with Gasteiger partial charge in [-0.2, -0.15) is 0 Å². The summed E-state index contributed by atoms with van der Waals surface area (Å²) < 4.78 is 0. The van der Waals surface area contributed by atoms with Crippen LogP contribution in [0.25, 0.3) is 0 Å². The highest BCUT2D eigenvalue weighted by Crippen LogP contribution is 2.74. The molecular weight excluding hydrogens is 287 g/mol. The van der Waals surface area contributed by atoms with Crippen LogP contribution in [0.5, 0.6) is 0 Å². The Morgan fingerprint density at radius 3 is 1.33 bits per heavy atom. The fourth-order valence-electron chi connectivity index (χ4n) is 8.20. The Morgan fingerprint density at radius 1 is 0.750 bits per heavy atom. The summed E-state index contributed by atoms with van der Waals surface area (Å²) >= 11 is 0. The van der Waals surface area contributed by atoms with Crippen LogP contribution in [0.1, 0.15) is 80.1 Å². The molecule has 6 fully saturated rings. The summed E-state index contributed by atoms with van der Waals surface area (Å²) in [5.74, 6) is 3.91. The fraction of sp³-hybridized carbons (Fsp3) is 0.913. The van der Waals surface area contributed by atoms with Crippen LogP contribution in [0.4, 0.5) is 0 Å². The molecule has 6 aliphatic rings. The molecule has 1 heteroatoms. The highest BCUT2D eigenvalue weighted by atomic mass is 14.6. The number of rotatable bonds is 4. The summed E-state index contributed by atoms with van der Waals surface area (Å²) in [7, 11) is 0. The molecule has 24 heavy (non-hydrogen) atoms. The van der Waals surface area contributed by atoms with Gasteiger partial charge in [0.05, 0.1) is 0 Å².